The molecule has 0 aromatic heterocycles. The second-order valence-corrected chi connectivity index (χ2v) is 5.79. The number of hydrogen-bond donors (Lipinski definition) is 2. The summed E-state index contributed by atoms with van der Waals surface area (Å²) in [4.78, 5) is 0. The maximum atomic E-state index is 5.31. The Labute approximate surface area is 115 Å². The Balaban J connectivity index is 2.65. The summed E-state index contributed by atoms with van der Waals surface area (Å²) in [5, 5.41) is 7.06. The van der Waals surface area contributed by atoms with Gasteiger partial charge in [0.2, 0.25) is 0 Å². The van der Waals surface area contributed by atoms with Gasteiger partial charge in [0.05, 0.1) is 12.8 Å². The van der Waals surface area contributed by atoms with E-state index < -0.39 is 0 Å². The van der Waals surface area contributed by atoms with Gasteiger partial charge in [0.25, 0.3) is 0 Å². The lowest BCUT2D eigenvalue weighted by atomic mass is 9.88. The molecule has 0 fully saturated rings. The van der Waals surface area contributed by atoms with Crippen molar-refractivity contribution in [3.63, 3.8) is 0 Å². The van der Waals surface area contributed by atoms with Gasteiger partial charge in [-0.3, -0.25) is 0 Å². The second-order valence-electron chi connectivity index (χ2n) is 5.39. The third kappa shape index (κ3) is 4.18. The van der Waals surface area contributed by atoms with Gasteiger partial charge in [0.15, 0.2) is 5.11 Å². The molecular formula is C14H22N2OS. The number of anilines is 1. The average Bonchev–Trinajstić information content (AvgIpc) is 2.28. The van der Waals surface area contributed by atoms with Crippen molar-refractivity contribution in [3.05, 3.63) is 24.3 Å². The van der Waals surface area contributed by atoms with E-state index in [1.165, 1.54) is 0 Å². The van der Waals surface area contributed by atoms with Crippen molar-refractivity contribution in [1.29, 1.82) is 0 Å². The first-order valence-electron chi connectivity index (χ1n) is 6.05. The maximum absolute atomic E-state index is 5.31. The summed E-state index contributed by atoms with van der Waals surface area (Å²) < 4.78 is 5.27. The highest BCUT2D eigenvalue weighted by Gasteiger charge is 2.20. The first kappa shape index (κ1) is 14.8. The Morgan fingerprint density at radius 3 is 2.44 bits per heavy atom. The van der Waals surface area contributed by atoms with E-state index in [1.807, 2.05) is 24.3 Å². The molecule has 0 radical (unpaired) electrons. The minimum absolute atomic E-state index is 0.159. The highest BCUT2D eigenvalue weighted by Crippen LogP contribution is 2.23. The summed E-state index contributed by atoms with van der Waals surface area (Å²) >= 11 is 5.31. The Kier molecular flexibility index (Phi) is 4.96. The standard InChI is InChI=1S/C14H22N2OS/c1-10(14(2,3)4)15-13(18)16-11-8-6-7-9-12(11)17-5/h6-10H,1-5H3,(H2,15,16,18). The lowest BCUT2D eigenvalue weighted by Gasteiger charge is -2.29. The van der Waals surface area contributed by atoms with Gasteiger partial charge in [-0.15, -0.1) is 0 Å². The largest absolute Gasteiger partial charge is 0.495 e. The molecule has 1 unspecified atom stereocenters. The number of thiocarbonyl (C=S) groups is 1. The van der Waals surface area contributed by atoms with Crippen LogP contribution in [0.3, 0.4) is 0 Å². The summed E-state index contributed by atoms with van der Waals surface area (Å²) in [6, 6.07) is 8.00. The lowest BCUT2D eigenvalue weighted by Crippen LogP contribution is -2.43. The topological polar surface area (TPSA) is 33.3 Å². The van der Waals surface area contributed by atoms with E-state index in [9.17, 15) is 0 Å². The minimum Gasteiger partial charge on any atom is -0.495 e. The van der Waals surface area contributed by atoms with Crippen LogP contribution in [0.15, 0.2) is 24.3 Å². The Hall–Kier alpha value is -1.29. The molecule has 0 saturated carbocycles. The van der Waals surface area contributed by atoms with Crippen molar-refractivity contribution < 1.29 is 4.74 Å². The van der Waals surface area contributed by atoms with E-state index in [-0.39, 0.29) is 11.5 Å². The van der Waals surface area contributed by atoms with Crippen LogP contribution in [0.2, 0.25) is 0 Å². The van der Waals surface area contributed by atoms with E-state index in [0.29, 0.717) is 5.11 Å². The van der Waals surface area contributed by atoms with Crippen molar-refractivity contribution in [3.8, 4) is 5.75 Å². The Morgan fingerprint density at radius 1 is 1.28 bits per heavy atom. The fraction of sp³-hybridized carbons (Fsp3) is 0.500. The fourth-order valence-corrected chi connectivity index (χ4v) is 1.61. The maximum Gasteiger partial charge on any atom is 0.171 e. The van der Waals surface area contributed by atoms with Gasteiger partial charge in [-0.1, -0.05) is 32.9 Å². The van der Waals surface area contributed by atoms with Crippen LogP contribution in [0.5, 0.6) is 5.75 Å². The van der Waals surface area contributed by atoms with Crippen LogP contribution in [0.25, 0.3) is 0 Å². The SMILES string of the molecule is COc1ccccc1NC(=S)NC(C)C(C)(C)C. The molecule has 1 atom stereocenters. The number of hydrogen-bond acceptors (Lipinski definition) is 2. The normalized spacial score (nSPS) is 12.7. The highest BCUT2D eigenvalue weighted by molar-refractivity contribution is 7.80. The average molecular weight is 266 g/mol. The van der Waals surface area contributed by atoms with Gasteiger partial charge in [0.1, 0.15) is 5.75 Å². The zero-order valence-corrected chi connectivity index (χ0v) is 12.5. The van der Waals surface area contributed by atoms with Crippen LogP contribution in [0.1, 0.15) is 27.7 Å². The first-order chi connectivity index (χ1) is 8.34. The lowest BCUT2D eigenvalue weighted by molar-refractivity contribution is 0.317. The van der Waals surface area contributed by atoms with Crippen molar-refractivity contribution in [1.82, 2.24) is 5.32 Å². The van der Waals surface area contributed by atoms with Crippen LogP contribution >= 0.6 is 12.2 Å². The summed E-state index contributed by atoms with van der Waals surface area (Å²) in [7, 11) is 1.65. The van der Waals surface area contributed by atoms with Gasteiger partial charge in [0, 0.05) is 6.04 Å². The number of rotatable bonds is 3. The van der Waals surface area contributed by atoms with E-state index in [2.05, 4.69) is 38.3 Å². The molecule has 0 aliphatic carbocycles. The van der Waals surface area contributed by atoms with Crippen molar-refractivity contribution in [2.45, 2.75) is 33.7 Å². The van der Waals surface area contributed by atoms with Crippen LogP contribution < -0.4 is 15.4 Å². The molecule has 0 aliphatic heterocycles. The Morgan fingerprint density at radius 2 is 1.89 bits per heavy atom. The summed E-state index contributed by atoms with van der Waals surface area (Å²) in [5.41, 5.74) is 1.03. The first-order valence-corrected chi connectivity index (χ1v) is 6.46. The number of ether oxygens (including phenoxy) is 1. The molecule has 18 heavy (non-hydrogen) atoms. The van der Waals surface area contributed by atoms with Crippen molar-refractivity contribution in [2.24, 2.45) is 5.41 Å². The van der Waals surface area contributed by atoms with Gasteiger partial charge in [-0.2, -0.15) is 0 Å². The molecule has 0 heterocycles. The van der Waals surface area contributed by atoms with Crippen LogP contribution in [0.4, 0.5) is 5.69 Å². The molecular weight excluding hydrogens is 244 g/mol. The summed E-state index contributed by atoms with van der Waals surface area (Å²) in [6.45, 7) is 8.65. The van der Waals surface area contributed by atoms with Crippen LogP contribution in [-0.2, 0) is 0 Å². The van der Waals surface area contributed by atoms with Gasteiger partial charge in [-0.25, -0.2) is 0 Å². The quantitative estimate of drug-likeness (QED) is 0.821. The molecule has 1 aromatic rings. The second kappa shape index (κ2) is 6.05. The molecule has 0 aliphatic rings. The fourth-order valence-electron chi connectivity index (χ4n) is 1.32. The third-order valence-electron chi connectivity index (χ3n) is 3.00. The number of methoxy groups -OCH3 is 1. The predicted octanol–water partition coefficient (Wildman–Crippen LogP) is 3.42. The number of nitrogens with one attached hydrogen (secondary N) is 2. The van der Waals surface area contributed by atoms with Crippen molar-refractivity contribution in [2.75, 3.05) is 12.4 Å². The molecule has 0 saturated heterocycles. The number of para-hydroxylation sites is 2. The van der Waals surface area contributed by atoms with E-state index in [0.717, 1.165) is 11.4 Å². The molecule has 0 spiro atoms. The smallest absolute Gasteiger partial charge is 0.171 e. The molecule has 1 rings (SSSR count). The summed E-state index contributed by atoms with van der Waals surface area (Å²) in [6.07, 6.45) is 0. The van der Waals surface area contributed by atoms with Crippen LogP contribution in [-0.4, -0.2) is 18.3 Å². The monoisotopic (exact) mass is 266 g/mol. The number of benzene rings is 1. The zero-order chi connectivity index (χ0) is 13.8. The molecule has 2 N–H and O–H groups in total. The molecule has 0 amide bonds. The van der Waals surface area contributed by atoms with Gasteiger partial charge >= 0.3 is 0 Å². The van der Waals surface area contributed by atoms with E-state index >= 15 is 0 Å². The van der Waals surface area contributed by atoms with Gasteiger partial charge in [-0.05, 0) is 36.7 Å². The molecule has 4 heteroatoms. The van der Waals surface area contributed by atoms with Gasteiger partial charge < -0.3 is 15.4 Å². The zero-order valence-electron chi connectivity index (χ0n) is 11.7. The molecule has 100 valence electrons. The minimum atomic E-state index is 0.159. The van der Waals surface area contributed by atoms with Crippen LogP contribution in [0, 0.1) is 5.41 Å². The Bertz CT molecular complexity index is 413. The molecule has 3 nitrogen and oxygen atoms in total. The summed E-state index contributed by atoms with van der Waals surface area (Å²) in [5.74, 6) is 0.782. The predicted molar refractivity (Wildman–Crippen MR) is 81.3 cm³/mol. The van der Waals surface area contributed by atoms with E-state index in [1.54, 1.807) is 7.11 Å². The third-order valence-corrected chi connectivity index (χ3v) is 3.22. The highest BCUT2D eigenvalue weighted by atomic mass is 32.1. The molecule has 0 bridgehead atoms. The van der Waals surface area contributed by atoms with E-state index in [4.69, 9.17) is 17.0 Å². The van der Waals surface area contributed by atoms with Crippen molar-refractivity contribution >= 4 is 23.0 Å². The molecule has 1 aromatic carbocycles.